The Bertz CT molecular complexity index is 726. The van der Waals surface area contributed by atoms with Crippen LogP contribution in [-0.2, 0) is 16.1 Å². The van der Waals surface area contributed by atoms with Crippen LogP contribution >= 0.6 is 0 Å². The average Bonchev–Trinajstić information content (AvgIpc) is 3.01. The summed E-state index contributed by atoms with van der Waals surface area (Å²) in [5, 5.41) is 12.4. The minimum atomic E-state index is -0.928. The number of anilines is 2. The van der Waals surface area contributed by atoms with Gasteiger partial charge in [0.1, 0.15) is 6.54 Å². The van der Waals surface area contributed by atoms with E-state index in [0.29, 0.717) is 30.3 Å². The Morgan fingerprint density at radius 1 is 1.32 bits per heavy atom. The van der Waals surface area contributed by atoms with E-state index in [1.165, 1.54) is 6.33 Å². The molecule has 2 aromatic heterocycles. The van der Waals surface area contributed by atoms with Crippen LogP contribution in [0.4, 0.5) is 11.8 Å². The van der Waals surface area contributed by atoms with Gasteiger partial charge in [-0.1, -0.05) is 19.8 Å². The van der Waals surface area contributed by atoms with E-state index in [9.17, 15) is 4.79 Å². The number of hydrogen-bond acceptors (Lipinski definition) is 7. The quantitative estimate of drug-likeness (QED) is 0.689. The molecule has 2 N–H and O–H groups in total. The molecule has 25 heavy (non-hydrogen) atoms. The number of nitrogens with one attached hydrogen (secondary N) is 1. The number of fused-ring (bicyclic) bond motifs is 1. The Kier molecular flexibility index (Phi) is 5.64. The molecule has 0 aromatic carbocycles. The highest BCUT2D eigenvalue weighted by molar-refractivity contribution is 5.85. The number of aromatic nitrogens is 4. The normalized spacial score (nSPS) is 14.8. The molecule has 3 heterocycles. The molecular formula is C16H24N6O3. The summed E-state index contributed by atoms with van der Waals surface area (Å²) in [5.41, 5.74) is 1.17. The number of carboxylic acid groups (broad SMARTS) is 1. The minimum Gasteiger partial charge on any atom is -0.480 e. The summed E-state index contributed by atoms with van der Waals surface area (Å²) in [6.07, 6.45) is 4.84. The predicted molar refractivity (Wildman–Crippen MR) is 94.0 cm³/mol. The summed E-state index contributed by atoms with van der Waals surface area (Å²) < 4.78 is 6.95. The third-order valence-corrected chi connectivity index (χ3v) is 4.13. The highest BCUT2D eigenvalue weighted by Gasteiger charge is 2.21. The van der Waals surface area contributed by atoms with Gasteiger partial charge in [-0.3, -0.25) is 4.79 Å². The number of morpholine rings is 1. The van der Waals surface area contributed by atoms with Crippen LogP contribution in [0.25, 0.3) is 11.2 Å². The fraction of sp³-hybridized carbons (Fsp3) is 0.625. The molecule has 1 fully saturated rings. The topological polar surface area (TPSA) is 105 Å². The molecule has 0 radical (unpaired) electrons. The second-order valence-corrected chi connectivity index (χ2v) is 6.04. The molecule has 9 heteroatoms. The molecule has 0 unspecified atom stereocenters. The van der Waals surface area contributed by atoms with E-state index >= 15 is 0 Å². The van der Waals surface area contributed by atoms with Crippen LogP contribution in [0.5, 0.6) is 0 Å². The Labute approximate surface area is 146 Å². The van der Waals surface area contributed by atoms with Crippen LogP contribution < -0.4 is 10.2 Å². The molecule has 3 rings (SSSR count). The zero-order valence-corrected chi connectivity index (χ0v) is 14.4. The summed E-state index contributed by atoms with van der Waals surface area (Å²) in [5.74, 6) is 0.316. The fourth-order valence-corrected chi connectivity index (χ4v) is 2.84. The van der Waals surface area contributed by atoms with Crippen molar-refractivity contribution in [1.29, 1.82) is 0 Å². The van der Waals surface area contributed by atoms with Crippen molar-refractivity contribution in [3.05, 3.63) is 6.33 Å². The lowest BCUT2D eigenvalue weighted by molar-refractivity contribution is -0.137. The molecule has 2 aromatic rings. The number of nitrogens with zero attached hydrogens (tertiary/aromatic N) is 5. The van der Waals surface area contributed by atoms with Gasteiger partial charge in [0, 0.05) is 19.6 Å². The molecular weight excluding hydrogens is 324 g/mol. The number of hydrogen-bond donors (Lipinski definition) is 2. The third kappa shape index (κ3) is 4.16. The molecule has 0 amide bonds. The Morgan fingerprint density at radius 3 is 2.84 bits per heavy atom. The van der Waals surface area contributed by atoms with Gasteiger partial charge in [-0.2, -0.15) is 9.97 Å². The van der Waals surface area contributed by atoms with Crippen LogP contribution in [0, 0.1) is 0 Å². The monoisotopic (exact) mass is 348 g/mol. The first-order valence-corrected chi connectivity index (χ1v) is 8.70. The maximum Gasteiger partial charge on any atom is 0.323 e. The smallest absolute Gasteiger partial charge is 0.323 e. The summed E-state index contributed by atoms with van der Waals surface area (Å²) >= 11 is 0. The number of rotatable bonds is 8. The van der Waals surface area contributed by atoms with E-state index in [0.717, 1.165) is 44.7 Å². The van der Waals surface area contributed by atoms with Crippen LogP contribution in [0.1, 0.15) is 26.2 Å². The molecule has 0 bridgehead atoms. The minimum absolute atomic E-state index is 0.175. The van der Waals surface area contributed by atoms with Crippen molar-refractivity contribution in [2.24, 2.45) is 0 Å². The fourth-order valence-electron chi connectivity index (χ4n) is 2.84. The zero-order chi connectivity index (χ0) is 17.6. The third-order valence-electron chi connectivity index (χ3n) is 4.13. The number of aliphatic carboxylic acids is 1. The lowest BCUT2D eigenvalue weighted by atomic mass is 10.2. The van der Waals surface area contributed by atoms with Gasteiger partial charge in [0.2, 0.25) is 5.95 Å². The van der Waals surface area contributed by atoms with Crippen molar-refractivity contribution in [2.75, 3.05) is 43.1 Å². The van der Waals surface area contributed by atoms with Gasteiger partial charge in [0.15, 0.2) is 17.0 Å². The van der Waals surface area contributed by atoms with E-state index in [2.05, 4.69) is 32.1 Å². The maximum absolute atomic E-state index is 11.1. The second kappa shape index (κ2) is 8.11. The van der Waals surface area contributed by atoms with Gasteiger partial charge in [0.05, 0.1) is 19.5 Å². The first-order valence-electron chi connectivity index (χ1n) is 8.70. The Balaban J connectivity index is 1.93. The zero-order valence-electron chi connectivity index (χ0n) is 14.4. The molecule has 1 aliphatic heterocycles. The maximum atomic E-state index is 11.1. The van der Waals surface area contributed by atoms with Crippen LogP contribution in [-0.4, -0.2) is 63.4 Å². The molecule has 0 atom stereocenters. The number of ether oxygens (including phenoxy) is 1. The summed E-state index contributed by atoms with van der Waals surface area (Å²) in [6, 6.07) is 0. The second-order valence-electron chi connectivity index (χ2n) is 6.04. The molecule has 0 saturated carbocycles. The van der Waals surface area contributed by atoms with Crippen molar-refractivity contribution < 1.29 is 14.6 Å². The SMILES string of the molecule is CCCCCNc1nc(N2CCOCC2)c2ncn(CC(=O)O)c2n1. The highest BCUT2D eigenvalue weighted by atomic mass is 16.5. The van der Waals surface area contributed by atoms with Crippen molar-refractivity contribution in [1.82, 2.24) is 19.5 Å². The number of carboxylic acids is 1. The van der Waals surface area contributed by atoms with Crippen molar-refractivity contribution in [3.8, 4) is 0 Å². The van der Waals surface area contributed by atoms with Crippen molar-refractivity contribution >= 4 is 28.9 Å². The predicted octanol–water partition coefficient (Wildman–Crippen LogP) is 1.35. The lowest BCUT2D eigenvalue weighted by Crippen LogP contribution is -2.37. The van der Waals surface area contributed by atoms with Gasteiger partial charge in [0.25, 0.3) is 0 Å². The lowest BCUT2D eigenvalue weighted by Gasteiger charge is -2.28. The van der Waals surface area contributed by atoms with Gasteiger partial charge in [-0.05, 0) is 6.42 Å². The molecule has 1 saturated heterocycles. The van der Waals surface area contributed by atoms with E-state index in [1.54, 1.807) is 4.57 Å². The van der Waals surface area contributed by atoms with Gasteiger partial charge < -0.3 is 24.6 Å². The standard InChI is InChI=1S/C16H24N6O3/c1-2-3-4-5-17-16-19-14(21-6-8-25-9-7-21)13-15(20-16)22(11-18-13)10-12(23)24/h11H,2-10H2,1H3,(H,23,24)(H,17,19,20). The van der Waals surface area contributed by atoms with E-state index in [1.807, 2.05) is 0 Å². The van der Waals surface area contributed by atoms with Gasteiger partial charge in [-0.25, -0.2) is 4.98 Å². The molecule has 1 aliphatic rings. The van der Waals surface area contributed by atoms with Crippen LogP contribution in [0.2, 0.25) is 0 Å². The average molecular weight is 348 g/mol. The Morgan fingerprint density at radius 2 is 2.12 bits per heavy atom. The Hall–Kier alpha value is -2.42. The van der Waals surface area contributed by atoms with Crippen LogP contribution in [0.15, 0.2) is 6.33 Å². The highest BCUT2D eigenvalue weighted by Crippen LogP contribution is 2.25. The largest absolute Gasteiger partial charge is 0.480 e. The van der Waals surface area contributed by atoms with Crippen LogP contribution in [0.3, 0.4) is 0 Å². The number of imidazole rings is 1. The number of carbonyl (C=O) groups is 1. The number of unbranched alkanes of at least 4 members (excludes halogenated alkanes) is 2. The summed E-state index contributed by atoms with van der Waals surface area (Å²) in [6.45, 7) is 5.51. The molecule has 136 valence electrons. The van der Waals surface area contributed by atoms with Gasteiger partial charge >= 0.3 is 5.97 Å². The van der Waals surface area contributed by atoms with E-state index < -0.39 is 5.97 Å². The molecule has 0 spiro atoms. The van der Waals surface area contributed by atoms with E-state index in [-0.39, 0.29) is 6.54 Å². The summed E-state index contributed by atoms with van der Waals surface area (Å²) in [7, 11) is 0. The van der Waals surface area contributed by atoms with Crippen molar-refractivity contribution in [2.45, 2.75) is 32.7 Å². The molecule has 0 aliphatic carbocycles. The van der Waals surface area contributed by atoms with Gasteiger partial charge in [-0.15, -0.1) is 0 Å². The van der Waals surface area contributed by atoms with Crippen molar-refractivity contribution in [3.63, 3.8) is 0 Å². The van der Waals surface area contributed by atoms with E-state index in [4.69, 9.17) is 9.84 Å². The first-order chi connectivity index (χ1) is 12.2. The first kappa shape index (κ1) is 17.4. The molecule has 9 nitrogen and oxygen atoms in total. The summed E-state index contributed by atoms with van der Waals surface area (Å²) in [4.78, 5) is 26.7.